The predicted octanol–water partition coefficient (Wildman–Crippen LogP) is 1.88. The van der Waals surface area contributed by atoms with Crippen molar-refractivity contribution in [3.63, 3.8) is 0 Å². The largest absolute Gasteiger partial charge is 0.341 e. The second-order valence-electron chi connectivity index (χ2n) is 6.66. The minimum atomic E-state index is -0.242. The van der Waals surface area contributed by atoms with Crippen LogP contribution >= 0.6 is 0 Å². The third kappa shape index (κ3) is 3.00. The minimum Gasteiger partial charge on any atom is -0.341 e. The topological polar surface area (TPSA) is 72.5 Å². The smallest absolute Gasteiger partial charge is 0.275 e. The summed E-state index contributed by atoms with van der Waals surface area (Å²) in [6, 6.07) is 11.0. The van der Waals surface area contributed by atoms with Crippen LogP contribution in [-0.2, 0) is 11.3 Å². The number of piperidine rings is 1. The molecule has 1 saturated heterocycles. The van der Waals surface area contributed by atoms with Gasteiger partial charge in [0.15, 0.2) is 5.82 Å². The molecule has 0 aliphatic carbocycles. The van der Waals surface area contributed by atoms with E-state index in [9.17, 15) is 9.59 Å². The fourth-order valence-electron chi connectivity index (χ4n) is 3.39. The molecule has 0 saturated carbocycles. The summed E-state index contributed by atoms with van der Waals surface area (Å²) < 4.78 is 3.05. The fraction of sp³-hybridized carbons (Fsp3) is 0.368. The molecule has 0 radical (unpaired) electrons. The number of aryl methyl sites for hydroxylation is 1. The SMILES string of the molecule is Cc1cc(=O)n2nc(-c3ccccc3)nc2n1CC(=O)N1CCCCC1. The first-order chi connectivity index (χ1) is 12.6. The van der Waals surface area contributed by atoms with Crippen molar-refractivity contribution in [1.29, 1.82) is 0 Å². The van der Waals surface area contributed by atoms with Gasteiger partial charge in [0.25, 0.3) is 5.56 Å². The third-order valence-electron chi connectivity index (χ3n) is 4.83. The van der Waals surface area contributed by atoms with Gasteiger partial charge in [-0.1, -0.05) is 30.3 Å². The fourth-order valence-corrected chi connectivity index (χ4v) is 3.39. The van der Waals surface area contributed by atoms with Gasteiger partial charge in [-0.05, 0) is 26.2 Å². The maximum atomic E-state index is 12.7. The minimum absolute atomic E-state index is 0.0580. The van der Waals surface area contributed by atoms with Crippen molar-refractivity contribution in [3.05, 3.63) is 52.4 Å². The molecule has 7 nitrogen and oxygen atoms in total. The summed E-state index contributed by atoms with van der Waals surface area (Å²) in [6.45, 7) is 3.59. The van der Waals surface area contributed by atoms with E-state index in [1.165, 1.54) is 17.0 Å². The molecular weight excluding hydrogens is 330 g/mol. The molecule has 134 valence electrons. The van der Waals surface area contributed by atoms with Gasteiger partial charge in [-0.3, -0.25) is 9.59 Å². The van der Waals surface area contributed by atoms with Crippen LogP contribution in [0.1, 0.15) is 25.0 Å². The Labute approximate surface area is 150 Å². The lowest BCUT2D eigenvalue weighted by Gasteiger charge is -2.27. The van der Waals surface area contributed by atoms with Gasteiger partial charge in [0.1, 0.15) is 6.54 Å². The molecule has 1 amide bonds. The van der Waals surface area contributed by atoms with E-state index in [1.54, 1.807) is 4.57 Å². The Morgan fingerprint density at radius 1 is 1.12 bits per heavy atom. The van der Waals surface area contributed by atoms with Crippen molar-refractivity contribution >= 4 is 11.7 Å². The highest BCUT2D eigenvalue weighted by Crippen LogP contribution is 2.16. The van der Waals surface area contributed by atoms with Crippen LogP contribution < -0.4 is 5.56 Å². The number of hydrogen-bond donors (Lipinski definition) is 0. The van der Waals surface area contributed by atoms with E-state index in [0.717, 1.165) is 31.5 Å². The first-order valence-electron chi connectivity index (χ1n) is 8.94. The van der Waals surface area contributed by atoms with Crippen LogP contribution in [0.5, 0.6) is 0 Å². The Morgan fingerprint density at radius 3 is 2.58 bits per heavy atom. The van der Waals surface area contributed by atoms with Crippen molar-refractivity contribution in [1.82, 2.24) is 24.1 Å². The second-order valence-corrected chi connectivity index (χ2v) is 6.66. The molecule has 1 fully saturated rings. The van der Waals surface area contributed by atoms with Crippen molar-refractivity contribution < 1.29 is 4.79 Å². The highest BCUT2D eigenvalue weighted by Gasteiger charge is 2.20. The first kappa shape index (κ1) is 16.5. The molecule has 1 aliphatic rings. The highest BCUT2D eigenvalue weighted by atomic mass is 16.2. The molecule has 0 unspecified atom stereocenters. The Kier molecular flexibility index (Phi) is 4.28. The van der Waals surface area contributed by atoms with Gasteiger partial charge in [0, 0.05) is 30.4 Å². The Morgan fingerprint density at radius 2 is 1.85 bits per heavy atom. The lowest BCUT2D eigenvalue weighted by atomic mass is 10.1. The second kappa shape index (κ2) is 6.74. The van der Waals surface area contributed by atoms with Crippen LogP contribution in [0.2, 0.25) is 0 Å². The molecular formula is C19H21N5O2. The molecule has 0 bridgehead atoms. The number of amides is 1. The van der Waals surface area contributed by atoms with Crippen LogP contribution in [0.15, 0.2) is 41.2 Å². The lowest BCUT2D eigenvalue weighted by molar-refractivity contribution is -0.132. The first-order valence-corrected chi connectivity index (χ1v) is 8.94. The number of benzene rings is 1. The maximum Gasteiger partial charge on any atom is 0.275 e. The van der Waals surface area contributed by atoms with E-state index < -0.39 is 0 Å². The molecule has 3 aromatic rings. The van der Waals surface area contributed by atoms with Crippen molar-refractivity contribution in [2.45, 2.75) is 32.7 Å². The lowest BCUT2D eigenvalue weighted by Crippen LogP contribution is -2.38. The zero-order valence-electron chi connectivity index (χ0n) is 14.8. The summed E-state index contributed by atoms with van der Waals surface area (Å²) in [6.07, 6.45) is 3.27. The van der Waals surface area contributed by atoms with Crippen molar-refractivity contribution in [3.8, 4) is 11.4 Å². The van der Waals surface area contributed by atoms with E-state index in [0.29, 0.717) is 17.3 Å². The summed E-state index contributed by atoms with van der Waals surface area (Å²) in [5, 5.41) is 4.35. The summed E-state index contributed by atoms with van der Waals surface area (Å²) in [4.78, 5) is 31.5. The van der Waals surface area contributed by atoms with Crippen molar-refractivity contribution in [2.75, 3.05) is 13.1 Å². The van der Waals surface area contributed by atoms with E-state index in [1.807, 2.05) is 42.2 Å². The van der Waals surface area contributed by atoms with Gasteiger partial charge >= 0.3 is 0 Å². The highest BCUT2D eigenvalue weighted by molar-refractivity contribution is 5.76. The number of fused-ring (bicyclic) bond motifs is 1. The molecule has 1 aromatic carbocycles. The number of likely N-dealkylation sites (tertiary alicyclic amines) is 1. The van der Waals surface area contributed by atoms with Gasteiger partial charge in [-0.15, -0.1) is 5.10 Å². The Balaban J connectivity index is 1.75. The van der Waals surface area contributed by atoms with E-state index >= 15 is 0 Å². The third-order valence-corrected chi connectivity index (χ3v) is 4.83. The summed E-state index contributed by atoms with van der Waals surface area (Å²) >= 11 is 0. The molecule has 26 heavy (non-hydrogen) atoms. The van der Waals surface area contributed by atoms with E-state index in [2.05, 4.69) is 10.1 Å². The molecule has 0 spiro atoms. The van der Waals surface area contributed by atoms with Crippen LogP contribution in [0.4, 0.5) is 0 Å². The van der Waals surface area contributed by atoms with E-state index in [4.69, 9.17) is 0 Å². The predicted molar refractivity (Wildman–Crippen MR) is 97.9 cm³/mol. The zero-order valence-corrected chi connectivity index (χ0v) is 14.8. The monoisotopic (exact) mass is 351 g/mol. The molecule has 0 atom stereocenters. The summed E-state index contributed by atoms with van der Waals surface area (Å²) in [5.74, 6) is 0.939. The quantitative estimate of drug-likeness (QED) is 0.722. The Bertz CT molecular complexity index is 1000. The molecule has 0 N–H and O–H groups in total. The number of carbonyl (C=O) groups is 1. The van der Waals surface area contributed by atoms with Gasteiger partial charge in [-0.2, -0.15) is 9.50 Å². The van der Waals surface area contributed by atoms with Gasteiger partial charge in [0.05, 0.1) is 0 Å². The number of aromatic nitrogens is 4. The van der Waals surface area contributed by atoms with Crippen LogP contribution in [0.3, 0.4) is 0 Å². The Hall–Kier alpha value is -2.96. The van der Waals surface area contributed by atoms with Crippen LogP contribution in [0.25, 0.3) is 17.2 Å². The molecule has 7 heteroatoms. The zero-order chi connectivity index (χ0) is 18.1. The molecule has 3 heterocycles. The van der Waals surface area contributed by atoms with Crippen LogP contribution in [0, 0.1) is 6.92 Å². The van der Waals surface area contributed by atoms with Gasteiger partial charge < -0.3 is 9.47 Å². The van der Waals surface area contributed by atoms with Crippen LogP contribution in [-0.4, -0.2) is 43.1 Å². The number of hydrogen-bond acceptors (Lipinski definition) is 4. The standard InChI is InChI=1S/C19H21N5O2/c1-14-12-16(25)24-19(20-18(21-24)15-8-4-2-5-9-15)23(14)13-17(26)22-10-6-3-7-11-22/h2,4-5,8-9,12H,3,6-7,10-11,13H2,1H3. The van der Waals surface area contributed by atoms with Crippen molar-refractivity contribution in [2.24, 2.45) is 0 Å². The number of nitrogens with zero attached hydrogens (tertiary/aromatic N) is 5. The average Bonchev–Trinajstić information content (AvgIpc) is 3.12. The summed E-state index contributed by atoms with van der Waals surface area (Å²) in [7, 11) is 0. The van der Waals surface area contributed by atoms with E-state index in [-0.39, 0.29) is 18.0 Å². The average molecular weight is 351 g/mol. The molecule has 4 rings (SSSR count). The maximum absolute atomic E-state index is 12.7. The molecule has 2 aromatic heterocycles. The number of carbonyl (C=O) groups excluding carboxylic acids is 1. The van der Waals surface area contributed by atoms with Gasteiger partial charge in [-0.25, -0.2) is 0 Å². The normalized spacial score (nSPS) is 14.7. The number of rotatable bonds is 3. The summed E-state index contributed by atoms with van der Waals surface area (Å²) in [5.41, 5.74) is 1.30. The van der Waals surface area contributed by atoms with Gasteiger partial charge in [0.2, 0.25) is 11.7 Å². The molecule has 1 aliphatic heterocycles.